The van der Waals surface area contributed by atoms with E-state index in [9.17, 15) is 14.4 Å². The van der Waals surface area contributed by atoms with Crippen molar-refractivity contribution in [1.29, 1.82) is 0 Å². The predicted molar refractivity (Wildman–Crippen MR) is 95.8 cm³/mol. The highest BCUT2D eigenvalue weighted by atomic mass is 79.9. The van der Waals surface area contributed by atoms with Gasteiger partial charge in [0.15, 0.2) is 0 Å². The zero-order valence-electron chi connectivity index (χ0n) is 13.7. The van der Waals surface area contributed by atoms with Gasteiger partial charge in [-0.25, -0.2) is 0 Å². The first-order valence-corrected chi connectivity index (χ1v) is 10.7. The van der Waals surface area contributed by atoms with Crippen LogP contribution in [0.3, 0.4) is 0 Å². The van der Waals surface area contributed by atoms with E-state index in [2.05, 4.69) is 31.9 Å². The highest BCUT2D eigenvalue weighted by molar-refractivity contribution is 9.12. The van der Waals surface area contributed by atoms with Crippen molar-refractivity contribution in [3.63, 3.8) is 0 Å². The maximum Gasteiger partial charge on any atom is 0.245 e. The minimum Gasteiger partial charge on any atom is -0.341 e. The molecule has 4 rings (SSSR count). The lowest BCUT2D eigenvalue weighted by Crippen LogP contribution is -2.51. The maximum atomic E-state index is 13.0. The van der Waals surface area contributed by atoms with Crippen molar-refractivity contribution in [2.24, 2.45) is 23.7 Å². The van der Waals surface area contributed by atoms with Gasteiger partial charge in [0.2, 0.25) is 17.7 Å². The summed E-state index contributed by atoms with van der Waals surface area (Å²) in [6, 6.07) is -0.671. The van der Waals surface area contributed by atoms with Gasteiger partial charge in [0.25, 0.3) is 0 Å². The van der Waals surface area contributed by atoms with Crippen molar-refractivity contribution in [2.75, 3.05) is 13.1 Å². The van der Waals surface area contributed by atoms with Crippen LogP contribution < -0.4 is 0 Å². The van der Waals surface area contributed by atoms with E-state index in [4.69, 9.17) is 0 Å². The van der Waals surface area contributed by atoms with Gasteiger partial charge < -0.3 is 4.90 Å². The van der Waals surface area contributed by atoms with Gasteiger partial charge in [0.05, 0.1) is 11.8 Å². The highest BCUT2D eigenvalue weighted by Gasteiger charge is 2.67. The van der Waals surface area contributed by atoms with E-state index in [1.807, 2.05) is 4.90 Å². The number of nitrogens with zero attached hydrogens (tertiary/aromatic N) is 2. The minimum absolute atomic E-state index is 0.0745. The van der Waals surface area contributed by atoms with Crippen LogP contribution in [0, 0.1) is 23.7 Å². The molecule has 0 aromatic carbocycles. The quantitative estimate of drug-likeness (QED) is 0.467. The number of amides is 3. The lowest BCUT2D eigenvalue weighted by atomic mass is 9.81. The van der Waals surface area contributed by atoms with Gasteiger partial charge in [-0.05, 0) is 44.4 Å². The monoisotopic (exact) mass is 460 g/mol. The molecule has 3 amide bonds. The standard InChI is InChI=1S/C17H22Br2N2O3/c1-8(15(22)20-5-3-2-4-6-20)21-16(23)11-9-7-10(12(11)17(21)24)14(19)13(9)18/h8-14H,2-7H2,1H3/t8-,9-,10-,11-,12-,13+,14+/m1/s1. The molecule has 24 heavy (non-hydrogen) atoms. The van der Waals surface area contributed by atoms with Crippen LogP contribution >= 0.6 is 31.9 Å². The molecule has 5 nitrogen and oxygen atoms in total. The summed E-state index contributed by atoms with van der Waals surface area (Å²) in [7, 11) is 0. The smallest absolute Gasteiger partial charge is 0.245 e. The molecule has 0 unspecified atom stereocenters. The number of carbonyl (C=O) groups is 3. The van der Waals surface area contributed by atoms with E-state index in [1.165, 1.54) is 4.90 Å². The third-order valence-electron chi connectivity index (χ3n) is 6.43. The Hall–Kier alpha value is -0.430. The van der Waals surface area contributed by atoms with E-state index in [1.54, 1.807) is 6.92 Å². The summed E-state index contributed by atoms with van der Waals surface area (Å²) in [5.41, 5.74) is 0. The van der Waals surface area contributed by atoms with Crippen LogP contribution in [-0.2, 0) is 14.4 Å². The summed E-state index contributed by atoms with van der Waals surface area (Å²) in [6.07, 6.45) is 4.08. The number of hydrogen-bond donors (Lipinski definition) is 0. The number of likely N-dealkylation sites (tertiary alicyclic amines) is 2. The molecule has 0 radical (unpaired) electrons. The molecule has 2 aliphatic heterocycles. The highest BCUT2D eigenvalue weighted by Crippen LogP contribution is 2.60. The Bertz CT molecular complexity index is 560. The molecule has 0 N–H and O–H groups in total. The lowest BCUT2D eigenvalue weighted by molar-refractivity contribution is -0.152. The molecule has 4 fully saturated rings. The molecule has 7 atom stereocenters. The first kappa shape index (κ1) is 17.0. The number of imide groups is 1. The van der Waals surface area contributed by atoms with Crippen molar-refractivity contribution in [2.45, 2.75) is 48.3 Å². The van der Waals surface area contributed by atoms with Crippen LogP contribution in [-0.4, -0.2) is 56.3 Å². The molecule has 2 saturated carbocycles. The van der Waals surface area contributed by atoms with Crippen molar-refractivity contribution in [1.82, 2.24) is 9.80 Å². The summed E-state index contributed by atoms with van der Waals surface area (Å²) in [4.78, 5) is 42.3. The maximum absolute atomic E-state index is 13.0. The zero-order chi connectivity index (χ0) is 17.2. The average molecular weight is 462 g/mol. The second-order valence-electron chi connectivity index (χ2n) is 7.61. The van der Waals surface area contributed by atoms with Gasteiger partial charge in [-0.2, -0.15) is 0 Å². The fourth-order valence-electron chi connectivity index (χ4n) is 5.24. The summed E-state index contributed by atoms with van der Waals surface area (Å²) in [6.45, 7) is 3.20. The van der Waals surface area contributed by atoms with Gasteiger partial charge in [0, 0.05) is 22.7 Å². The van der Waals surface area contributed by atoms with E-state index < -0.39 is 6.04 Å². The summed E-state index contributed by atoms with van der Waals surface area (Å²) in [5.74, 6) is -0.409. The topological polar surface area (TPSA) is 57.7 Å². The Labute approximate surface area is 158 Å². The Kier molecular flexibility index (Phi) is 4.31. The van der Waals surface area contributed by atoms with Crippen molar-refractivity contribution < 1.29 is 14.4 Å². The van der Waals surface area contributed by atoms with Gasteiger partial charge >= 0.3 is 0 Å². The first-order valence-electron chi connectivity index (χ1n) is 8.87. The molecule has 4 aliphatic rings. The van der Waals surface area contributed by atoms with Crippen LogP contribution in [0.15, 0.2) is 0 Å². The minimum atomic E-state index is -0.671. The normalized spacial score (nSPS) is 42.6. The van der Waals surface area contributed by atoms with Crippen LogP contribution in [0.25, 0.3) is 0 Å². The second-order valence-corrected chi connectivity index (χ2v) is 9.73. The molecule has 0 aromatic heterocycles. The summed E-state index contributed by atoms with van der Waals surface area (Å²) >= 11 is 7.38. The number of piperidine rings is 1. The van der Waals surface area contributed by atoms with E-state index in [-0.39, 0.29) is 51.0 Å². The van der Waals surface area contributed by atoms with E-state index >= 15 is 0 Å². The van der Waals surface area contributed by atoms with Crippen molar-refractivity contribution >= 4 is 49.6 Å². The third kappa shape index (κ3) is 2.26. The molecular weight excluding hydrogens is 440 g/mol. The number of rotatable bonds is 2. The SMILES string of the molecule is C[C@H](C(=O)N1CCCCC1)N1C(=O)[C@@H]2[C@H]3C[C@@H]([C@H](Br)[C@H]3Br)[C@H]2C1=O. The molecule has 2 saturated heterocycles. The number of alkyl halides is 2. The number of halogens is 2. The molecule has 2 bridgehead atoms. The van der Waals surface area contributed by atoms with Crippen LogP contribution in [0.4, 0.5) is 0 Å². The fourth-order valence-corrected chi connectivity index (χ4v) is 7.12. The van der Waals surface area contributed by atoms with Crippen LogP contribution in [0.2, 0.25) is 0 Å². The van der Waals surface area contributed by atoms with Crippen molar-refractivity contribution in [3.8, 4) is 0 Å². The van der Waals surface area contributed by atoms with Crippen LogP contribution in [0.5, 0.6) is 0 Å². The third-order valence-corrected chi connectivity index (χ3v) is 9.64. The average Bonchev–Trinajstić information content (AvgIpc) is 3.19. The Morgan fingerprint density at radius 3 is 2.00 bits per heavy atom. The Morgan fingerprint density at radius 2 is 1.50 bits per heavy atom. The number of carbonyl (C=O) groups excluding carboxylic acids is 3. The molecule has 0 spiro atoms. The van der Waals surface area contributed by atoms with E-state index in [0.717, 1.165) is 38.8 Å². The first-order chi connectivity index (χ1) is 11.4. The van der Waals surface area contributed by atoms with Crippen LogP contribution in [0.1, 0.15) is 32.6 Å². The zero-order valence-corrected chi connectivity index (χ0v) is 16.8. The molecule has 2 heterocycles. The van der Waals surface area contributed by atoms with E-state index in [0.29, 0.717) is 0 Å². The van der Waals surface area contributed by atoms with Gasteiger partial charge in [0.1, 0.15) is 6.04 Å². The summed E-state index contributed by atoms with van der Waals surface area (Å²) < 4.78 is 0. The predicted octanol–water partition coefficient (Wildman–Crippen LogP) is 2.17. The summed E-state index contributed by atoms with van der Waals surface area (Å²) in [5, 5.41) is 0. The fraction of sp³-hybridized carbons (Fsp3) is 0.824. The number of hydrogen-bond acceptors (Lipinski definition) is 3. The molecule has 2 aliphatic carbocycles. The van der Waals surface area contributed by atoms with Gasteiger partial charge in [-0.3, -0.25) is 19.3 Å². The molecule has 0 aromatic rings. The molecule has 7 heteroatoms. The van der Waals surface area contributed by atoms with Crippen molar-refractivity contribution in [3.05, 3.63) is 0 Å². The lowest BCUT2D eigenvalue weighted by Gasteiger charge is -2.32. The Morgan fingerprint density at radius 1 is 1.00 bits per heavy atom. The largest absolute Gasteiger partial charge is 0.341 e. The molecule has 132 valence electrons. The molecular formula is C17H22Br2N2O3. The second kappa shape index (κ2) is 6.08. The number of fused-ring (bicyclic) bond motifs is 5. The van der Waals surface area contributed by atoms with Gasteiger partial charge in [-0.15, -0.1) is 0 Å². The van der Waals surface area contributed by atoms with Gasteiger partial charge in [-0.1, -0.05) is 31.9 Å². The Balaban J connectivity index is 1.56.